The van der Waals surface area contributed by atoms with Crippen LogP contribution < -0.4 is 5.73 Å². The maximum Gasteiger partial charge on any atom is 0.280 e. The van der Waals surface area contributed by atoms with Gasteiger partial charge in [0.15, 0.2) is 0 Å². The van der Waals surface area contributed by atoms with Crippen molar-refractivity contribution in [3.63, 3.8) is 0 Å². The second kappa shape index (κ2) is 3.79. The van der Waals surface area contributed by atoms with Gasteiger partial charge in [-0.05, 0) is 12.8 Å². The van der Waals surface area contributed by atoms with Crippen molar-refractivity contribution in [1.29, 1.82) is 0 Å². The summed E-state index contributed by atoms with van der Waals surface area (Å²) in [5.41, 5.74) is 4.17. The molecule has 3 N–H and O–H groups in total. The van der Waals surface area contributed by atoms with Gasteiger partial charge in [0.1, 0.15) is 0 Å². The number of rotatable bonds is 3. The van der Waals surface area contributed by atoms with Gasteiger partial charge < -0.3 is 10.8 Å². The molecule has 2 nitrogen and oxygen atoms in total. The molecule has 0 heterocycles. The molecule has 1 aliphatic carbocycles. The first-order valence-electron chi connectivity index (χ1n) is 5.33. The van der Waals surface area contributed by atoms with Crippen LogP contribution >= 0.6 is 0 Å². The number of hydrogen-bond donors (Lipinski definition) is 2. The summed E-state index contributed by atoms with van der Waals surface area (Å²) in [5.74, 6) is -2.97. The third kappa shape index (κ3) is 1.53. The molecule has 1 aromatic carbocycles. The van der Waals surface area contributed by atoms with Gasteiger partial charge in [-0.15, -0.1) is 0 Å². The number of benzene rings is 1. The van der Waals surface area contributed by atoms with Gasteiger partial charge in [-0.1, -0.05) is 30.3 Å². The third-order valence-corrected chi connectivity index (χ3v) is 3.45. The predicted molar refractivity (Wildman–Crippen MR) is 57.1 cm³/mol. The molecule has 2 rings (SSSR count). The van der Waals surface area contributed by atoms with Crippen LogP contribution in [0.2, 0.25) is 0 Å². The van der Waals surface area contributed by atoms with E-state index < -0.39 is 17.4 Å². The molecular weight excluding hydrogens is 212 g/mol. The van der Waals surface area contributed by atoms with Gasteiger partial charge in [-0.25, -0.2) is 8.78 Å². The number of hydrogen-bond acceptors (Lipinski definition) is 2. The van der Waals surface area contributed by atoms with Gasteiger partial charge in [0.2, 0.25) is 0 Å². The minimum Gasteiger partial charge on any atom is -0.393 e. The first kappa shape index (κ1) is 11.5. The highest BCUT2D eigenvalue weighted by molar-refractivity contribution is 5.25. The number of aliphatic hydroxyl groups excluding tert-OH is 1. The third-order valence-electron chi connectivity index (χ3n) is 3.45. The summed E-state index contributed by atoms with van der Waals surface area (Å²) in [4.78, 5) is 0. The zero-order valence-corrected chi connectivity index (χ0v) is 8.87. The molecule has 4 heteroatoms. The van der Waals surface area contributed by atoms with Gasteiger partial charge in [0, 0.05) is 12.1 Å². The molecule has 88 valence electrons. The van der Waals surface area contributed by atoms with Crippen LogP contribution in [0.3, 0.4) is 0 Å². The smallest absolute Gasteiger partial charge is 0.280 e. The lowest BCUT2D eigenvalue weighted by molar-refractivity contribution is -0.200. The van der Waals surface area contributed by atoms with Gasteiger partial charge in [-0.3, -0.25) is 0 Å². The van der Waals surface area contributed by atoms with Crippen molar-refractivity contribution in [3.05, 3.63) is 35.9 Å². The van der Waals surface area contributed by atoms with E-state index in [9.17, 15) is 13.9 Å². The molecule has 0 bridgehead atoms. The van der Waals surface area contributed by atoms with Crippen LogP contribution in [0.15, 0.2) is 30.3 Å². The summed E-state index contributed by atoms with van der Waals surface area (Å²) in [5, 5.41) is 9.24. The van der Waals surface area contributed by atoms with E-state index >= 15 is 0 Å². The molecule has 0 atom stereocenters. The van der Waals surface area contributed by atoms with E-state index in [2.05, 4.69) is 0 Å². The van der Waals surface area contributed by atoms with E-state index in [-0.39, 0.29) is 24.9 Å². The Morgan fingerprint density at radius 1 is 1.31 bits per heavy atom. The quantitative estimate of drug-likeness (QED) is 0.828. The summed E-state index contributed by atoms with van der Waals surface area (Å²) >= 11 is 0. The van der Waals surface area contributed by atoms with Crippen molar-refractivity contribution >= 4 is 0 Å². The van der Waals surface area contributed by atoms with Crippen molar-refractivity contribution in [1.82, 2.24) is 0 Å². The molecule has 0 unspecified atom stereocenters. The SMILES string of the molecule is NCC1(C(F)(F)c2ccccc2)CC(O)C1. The molecule has 0 radical (unpaired) electrons. The van der Waals surface area contributed by atoms with Crippen LogP contribution in [0.4, 0.5) is 8.78 Å². The predicted octanol–water partition coefficient (Wildman–Crippen LogP) is 1.88. The van der Waals surface area contributed by atoms with Gasteiger partial charge >= 0.3 is 0 Å². The zero-order valence-electron chi connectivity index (χ0n) is 8.87. The van der Waals surface area contributed by atoms with E-state index in [1.54, 1.807) is 18.2 Å². The highest BCUT2D eigenvalue weighted by Gasteiger charge is 2.60. The van der Waals surface area contributed by atoms with Crippen LogP contribution in [0.1, 0.15) is 18.4 Å². The highest BCUT2D eigenvalue weighted by atomic mass is 19.3. The standard InChI is InChI=1S/C12H15F2NO/c13-12(14,9-4-2-1-3-5-9)11(8-15)6-10(16)7-11/h1-5,10,16H,6-8,15H2. The fourth-order valence-electron chi connectivity index (χ4n) is 2.35. The fourth-order valence-corrected chi connectivity index (χ4v) is 2.35. The average Bonchev–Trinajstić information content (AvgIpc) is 2.25. The Morgan fingerprint density at radius 2 is 1.88 bits per heavy atom. The Balaban J connectivity index is 2.31. The lowest BCUT2D eigenvalue weighted by atomic mass is 9.61. The molecule has 0 aromatic heterocycles. The lowest BCUT2D eigenvalue weighted by Crippen LogP contribution is -2.55. The Hall–Kier alpha value is -1.00. The molecule has 0 amide bonds. The second-order valence-electron chi connectivity index (χ2n) is 4.49. The number of alkyl halides is 2. The van der Waals surface area contributed by atoms with Crippen molar-refractivity contribution in [2.75, 3.05) is 6.54 Å². The van der Waals surface area contributed by atoms with E-state index in [0.717, 1.165) is 0 Å². The van der Waals surface area contributed by atoms with E-state index in [0.29, 0.717) is 0 Å². The molecule has 1 fully saturated rings. The van der Waals surface area contributed by atoms with E-state index in [4.69, 9.17) is 5.73 Å². The second-order valence-corrected chi connectivity index (χ2v) is 4.49. The summed E-state index contributed by atoms with van der Waals surface area (Å²) in [7, 11) is 0. The maximum absolute atomic E-state index is 14.2. The Bertz CT molecular complexity index is 361. The summed E-state index contributed by atoms with van der Waals surface area (Å²) < 4.78 is 28.5. The van der Waals surface area contributed by atoms with Crippen LogP contribution in [0.5, 0.6) is 0 Å². The first-order chi connectivity index (χ1) is 7.52. The summed E-state index contributed by atoms with van der Waals surface area (Å²) in [6.45, 7) is -0.105. The normalized spacial score (nSPS) is 29.9. The summed E-state index contributed by atoms with van der Waals surface area (Å²) in [6.07, 6.45) is -0.491. The molecule has 0 aliphatic heterocycles. The Labute approximate surface area is 93.1 Å². The van der Waals surface area contributed by atoms with Gasteiger partial charge in [-0.2, -0.15) is 0 Å². The number of aliphatic hydroxyl groups is 1. The Kier molecular flexibility index (Phi) is 2.72. The molecule has 0 spiro atoms. The Morgan fingerprint density at radius 3 is 2.31 bits per heavy atom. The number of halogens is 2. The molecular formula is C12H15F2NO. The monoisotopic (exact) mass is 227 g/mol. The van der Waals surface area contributed by atoms with Gasteiger partial charge in [0.05, 0.1) is 11.5 Å². The van der Waals surface area contributed by atoms with Crippen molar-refractivity contribution < 1.29 is 13.9 Å². The van der Waals surface area contributed by atoms with Crippen molar-refractivity contribution in [2.45, 2.75) is 24.9 Å². The molecule has 0 saturated heterocycles. The van der Waals surface area contributed by atoms with Crippen LogP contribution in [-0.2, 0) is 5.92 Å². The van der Waals surface area contributed by atoms with Crippen LogP contribution in [-0.4, -0.2) is 17.8 Å². The van der Waals surface area contributed by atoms with Crippen LogP contribution in [0, 0.1) is 5.41 Å². The van der Waals surface area contributed by atoms with Crippen molar-refractivity contribution in [2.24, 2.45) is 11.1 Å². The largest absolute Gasteiger partial charge is 0.393 e. The lowest BCUT2D eigenvalue weighted by Gasteiger charge is -2.49. The first-order valence-corrected chi connectivity index (χ1v) is 5.33. The molecule has 1 aliphatic rings. The average molecular weight is 227 g/mol. The fraction of sp³-hybridized carbons (Fsp3) is 0.500. The van der Waals surface area contributed by atoms with Gasteiger partial charge in [0.25, 0.3) is 5.92 Å². The highest BCUT2D eigenvalue weighted by Crippen LogP contribution is 2.56. The molecule has 1 aromatic rings. The minimum atomic E-state index is -2.97. The molecule has 1 saturated carbocycles. The minimum absolute atomic E-state index is 0.0210. The van der Waals surface area contributed by atoms with Crippen LogP contribution in [0.25, 0.3) is 0 Å². The maximum atomic E-state index is 14.2. The zero-order chi connectivity index (χ0) is 11.8. The topological polar surface area (TPSA) is 46.2 Å². The number of nitrogens with two attached hydrogens (primary N) is 1. The summed E-state index contributed by atoms with van der Waals surface area (Å²) in [6, 6.07) is 7.68. The van der Waals surface area contributed by atoms with E-state index in [1.807, 2.05) is 0 Å². The van der Waals surface area contributed by atoms with Crippen molar-refractivity contribution in [3.8, 4) is 0 Å². The molecule has 16 heavy (non-hydrogen) atoms. The van der Waals surface area contributed by atoms with E-state index in [1.165, 1.54) is 12.1 Å².